The van der Waals surface area contributed by atoms with Crippen LogP contribution in [-0.2, 0) is 0 Å². The maximum absolute atomic E-state index is 12.5. The molecule has 1 amide bonds. The zero-order chi connectivity index (χ0) is 19.4. The number of nitrogen functional groups attached to an aromatic ring is 1. The van der Waals surface area contributed by atoms with Crippen molar-refractivity contribution in [3.63, 3.8) is 0 Å². The highest BCUT2D eigenvalue weighted by Crippen LogP contribution is 2.21. The molecule has 0 radical (unpaired) electrons. The fraction of sp³-hybridized carbons (Fsp3) is 0.0500. The van der Waals surface area contributed by atoms with Crippen LogP contribution in [0, 0.1) is 23.7 Å². The van der Waals surface area contributed by atoms with Crippen LogP contribution in [0.1, 0.15) is 32.9 Å². The minimum atomic E-state index is -0.405. The smallest absolute Gasteiger partial charge is 0.274 e. The molecule has 2 heterocycles. The summed E-state index contributed by atoms with van der Waals surface area (Å²) in [6, 6.07) is 13.8. The summed E-state index contributed by atoms with van der Waals surface area (Å²) in [6.07, 6.45) is 2.96. The van der Waals surface area contributed by atoms with Crippen LogP contribution >= 0.6 is 0 Å². The molecule has 0 aliphatic carbocycles. The fourth-order valence-corrected chi connectivity index (χ4v) is 2.56. The van der Waals surface area contributed by atoms with E-state index in [1.807, 2.05) is 6.07 Å². The van der Waals surface area contributed by atoms with Crippen LogP contribution in [0.25, 0.3) is 0 Å². The predicted octanol–water partition coefficient (Wildman–Crippen LogP) is 2.91. The average Bonchev–Trinajstić information content (AvgIpc) is 2.69. The lowest BCUT2D eigenvalue weighted by Gasteiger charge is -2.11. The second-order valence-electron chi connectivity index (χ2n) is 5.85. The van der Waals surface area contributed by atoms with Gasteiger partial charge in [-0.3, -0.25) is 15.2 Å². The van der Waals surface area contributed by atoms with Crippen molar-refractivity contribution in [1.82, 2.24) is 9.97 Å². The van der Waals surface area contributed by atoms with E-state index in [0.29, 0.717) is 33.8 Å². The van der Waals surface area contributed by atoms with E-state index in [-0.39, 0.29) is 11.4 Å². The second kappa shape index (κ2) is 7.45. The van der Waals surface area contributed by atoms with E-state index >= 15 is 0 Å². The van der Waals surface area contributed by atoms with Crippen molar-refractivity contribution in [2.75, 3.05) is 11.1 Å². The Bertz CT molecular complexity index is 1070. The molecule has 7 nitrogen and oxygen atoms in total. The van der Waals surface area contributed by atoms with E-state index in [1.165, 1.54) is 6.20 Å². The minimum absolute atomic E-state index is 0.164. The molecule has 27 heavy (non-hydrogen) atoms. The molecule has 0 fully saturated rings. The highest BCUT2D eigenvalue weighted by atomic mass is 16.1. The van der Waals surface area contributed by atoms with Gasteiger partial charge >= 0.3 is 0 Å². The van der Waals surface area contributed by atoms with Gasteiger partial charge in [0.2, 0.25) is 0 Å². The first-order valence-corrected chi connectivity index (χ1v) is 8.07. The maximum Gasteiger partial charge on any atom is 0.274 e. The van der Waals surface area contributed by atoms with Crippen molar-refractivity contribution in [3.05, 3.63) is 82.9 Å². The van der Waals surface area contributed by atoms with Gasteiger partial charge in [0.15, 0.2) is 0 Å². The first-order valence-electron chi connectivity index (χ1n) is 8.07. The van der Waals surface area contributed by atoms with Crippen LogP contribution in [0.5, 0.6) is 0 Å². The van der Waals surface area contributed by atoms with Crippen molar-refractivity contribution < 1.29 is 4.79 Å². The molecule has 4 N–H and O–H groups in total. The highest BCUT2D eigenvalue weighted by Gasteiger charge is 2.14. The van der Waals surface area contributed by atoms with Crippen molar-refractivity contribution in [2.45, 2.75) is 6.92 Å². The number of rotatable bonds is 4. The van der Waals surface area contributed by atoms with Gasteiger partial charge in [-0.2, -0.15) is 5.26 Å². The van der Waals surface area contributed by atoms with E-state index < -0.39 is 5.91 Å². The normalized spacial score (nSPS) is 10.1. The van der Waals surface area contributed by atoms with E-state index in [2.05, 4.69) is 15.3 Å². The number of hydrogen-bond acceptors (Lipinski definition) is 6. The summed E-state index contributed by atoms with van der Waals surface area (Å²) >= 11 is 0. The molecule has 132 valence electrons. The molecule has 0 bridgehead atoms. The van der Waals surface area contributed by atoms with E-state index in [0.717, 1.165) is 0 Å². The quantitative estimate of drug-likeness (QED) is 0.489. The molecular formula is C20H16N6O. The topological polar surface area (TPSA) is 129 Å². The monoisotopic (exact) mass is 356 g/mol. The van der Waals surface area contributed by atoms with Crippen LogP contribution in [0.15, 0.2) is 54.9 Å². The Labute approximate surface area is 156 Å². The molecule has 7 heteroatoms. The molecule has 3 rings (SSSR count). The highest BCUT2D eigenvalue weighted by molar-refractivity contribution is 6.13. The summed E-state index contributed by atoms with van der Waals surface area (Å²) in [5, 5.41) is 20.0. The zero-order valence-electron chi connectivity index (χ0n) is 14.5. The molecule has 2 aromatic heterocycles. The lowest BCUT2D eigenvalue weighted by Crippen LogP contribution is -2.16. The summed E-state index contributed by atoms with van der Waals surface area (Å²) < 4.78 is 0. The van der Waals surface area contributed by atoms with Crippen LogP contribution < -0.4 is 11.1 Å². The number of nitriles is 1. The van der Waals surface area contributed by atoms with Gasteiger partial charge in [-0.25, -0.2) is 4.98 Å². The van der Waals surface area contributed by atoms with Gasteiger partial charge < -0.3 is 11.1 Å². The van der Waals surface area contributed by atoms with Gasteiger partial charge in [-0.15, -0.1) is 0 Å². The van der Waals surface area contributed by atoms with Gasteiger partial charge in [0.05, 0.1) is 17.0 Å². The Morgan fingerprint density at radius 1 is 1.22 bits per heavy atom. The fourth-order valence-electron chi connectivity index (χ4n) is 2.56. The second-order valence-corrected chi connectivity index (χ2v) is 5.85. The van der Waals surface area contributed by atoms with Crippen molar-refractivity contribution in [3.8, 4) is 6.07 Å². The number of pyridine rings is 2. The molecule has 0 spiro atoms. The van der Waals surface area contributed by atoms with Gasteiger partial charge in [-0.1, -0.05) is 6.07 Å². The molecule has 3 aromatic rings. The molecular weight excluding hydrogens is 340 g/mol. The third-order valence-corrected chi connectivity index (χ3v) is 3.92. The molecule has 0 aliphatic rings. The number of carbonyl (C=O) groups excluding carboxylic acids is 1. The third kappa shape index (κ3) is 3.80. The molecule has 0 aliphatic heterocycles. The number of carbonyl (C=O) groups is 1. The standard InChI is InChI=1S/C20H16N6O/c1-12-8-13(10-21)11-25-19(12)20(27)26-14-5-6-16(22)15(9-14)18(23)17-4-2-3-7-24-17/h2-9,11,23H,22H2,1H3,(H,26,27). The molecule has 0 atom stereocenters. The first kappa shape index (κ1) is 17.8. The van der Waals surface area contributed by atoms with E-state index in [9.17, 15) is 4.79 Å². The van der Waals surface area contributed by atoms with E-state index in [4.69, 9.17) is 16.4 Å². The van der Waals surface area contributed by atoms with Gasteiger partial charge in [0.1, 0.15) is 11.8 Å². The predicted molar refractivity (Wildman–Crippen MR) is 103 cm³/mol. The van der Waals surface area contributed by atoms with Gasteiger partial charge in [0.25, 0.3) is 5.91 Å². The Balaban J connectivity index is 1.87. The number of anilines is 2. The number of aromatic nitrogens is 2. The number of aryl methyl sites for hydroxylation is 1. The summed E-state index contributed by atoms with van der Waals surface area (Å²) in [7, 11) is 0. The number of benzene rings is 1. The Morgan fingerprint density at radius 2 is 2.04 bits per heavy atom. The van der Waals surface area contributed by atoms with Crippen LogP contribution in [0.2, 0.25) is 0 Å². The lowest BCUT2D eigenvalue weighted by molar-refractivity contribution is 0.102. The molecule has 0 unspecified atom stereocenters. The number of amides is 1. The summed E-state index contributed by atoms with van der Waals surface area (Å²) in [5.74, 6) is -0.405. The number of hydrogen-bond donors (Lipinski definition) is 3. The Kier molecular flexibility index (Phi) is 4.90. The van der Waals surface area contributed by atoms with Crippen molar-refractivity contribution in [2.24, 2.45) is 0 Å². The average molecular weight is 356 g/mol. The van der Waals surface area contributed by atoms with Crippen LogP contribution in [0.4, 0.5) is 11.4 Å². The Hall–Kier alpha value is -4.05. The number of nitrogens with zero attached hydrogens (tertiary/aromatic N) is 3. The number of nitrogens with one attached hydrogen (secondary N) is 2. The summed E-state index contributed by atoms with van der Waals surface area (Å²) in [6.45, 7) is 1.72. The van der Waals surface area contributed by atoms with Gasteiger partial charge in [0, 0.05) is 29.3 Å². The molecule has 1 aromatic carbocycles. The maximum atomic E-state index is 12.5. The minimum Gasteiger partial charge on any atom is -0.398 e. The lowest BCUT2D eigenvalue weighted by atomic mass is 10.0. The first-order chi connectivity index (χ1) is 13.0. The summed E-state index contributed by atoms with van der Waals surface area (Å²) in [5.41, 5.74) is 9.23. The van der Waals surface area contributed by atoms with E-state index in [1.54, 1.807) is 55.6 Å². The Morgan fingerprint density at radius 3 is 2.70 bits per heavy atom. The summed E-state index contributed by atoms with van der Waals surface area (Å²) in [4.78, 5) is 20.7. The third-order valence-electron chi connectivity index (χ3n) is 3.92. The van der Waals surface area contributed by atoms with Crippen molar-refractivity contribution in [1.29, 1.82) is 10.7 Å². The van der Waals surface area contributed by atoms with Crippen LogP contribution in [-0.4, -0.2) is 21.6 Å². The van der Waals surface area contributed by atoms with Crippen LogP contribution in [0.3, 0.4) is 0 Å². The zero-order valence-corrected chi connectivity index (χ0v) is 14.5. The SMILES string of the molecule is Cc1cc(C#N)cnc1C(=O)Nc1ccc(N)c(C(=N)c2ccccn2)c1. The molecule has 0 saturated heterocycles. The van der Waals surface area contributed by atoms with Gasteiger partial charge in [-0.05, 0) is 48.9 Å². The number of nitrogens with two attached hydrogens (primary N) is 1. The molecule has 0 saturated carbocycles. The largest absolute Gasteiger partial charge is 0.398 e. The van der Waals surface area contributed by atoms with Crippen molar-refractivity contribution >= 4 is 23.0 Å².